The van der Waals surface area contributed by atoms with Crippen molar-refractivity contribution in [2.24, 2.45) is 0 Å². The largest absolute Gasteiger partial charge is 0.416 e. The quantitative estimate of drug-likeness (QED) is 0.723. The van der Waals surface area contributed by atoms with Crippen LogP contribution in [0.15, 0.2) is 42.7 Å². The molecule has 0 spiro atoms. The maximum Gasteiger partial charge on any atom is 0.416 e. The Morgan fingerprint density at radius 1 is 1.10 bits per heavy atom. The number of aromatic amines is 1. The summed E-state index contributed by atoms with van der Waals surface area (Å²) in [6.45, 7) is 0. The molecule has 3 aromatic rings. The number of fused-ring (bicyclic) bond motifs is 1. The van der Waals surface area contributed by atoms with Crippen LogP contribution in [0.25, 0.3) is 22.2 Å². The summed E-state index contributed by atoms with van der Waals surface area (Å²) in [5.41, 5.74) is 1.09. The molecule has 21 heavy (non-hydrogen) atoms. The number of nitrogens with zero attached hydrogens (tertiary/aromatic N) is 1. The third kappa shape index (κ3) is 2.29. The van der Waals surface area contributed by atoms with Crippen LogP contribution >= 0.6 is 0 Å². The van der Waals surface area contributed by atoms with Gasteiger partial charge in [-0.2, -0.15) is 13.2 Å². The van der Waals surface area contributed by atoms with Gasteiger partial charge in [0.1, 0.15) is 0 Å². The highest BCUT2D eigenvalue weighted by Crippen LogP contribution is 2.34. The van der Waals surface area contributed by atoms with Crippen LogP contribution in [0.1, 0.15) is 15.9 Å². The highest BCUT2D eigenvalue weighted by Gasteiger charge is 2.31. The highest BCUT2D eigenvalue weighted by atomic mass is 19.4. The van der Waals surface area contributed by atoms with E-state index < -0.39 is 11.7 Å². The summed E-state index contributed by atoms with van der Waals surface area (Å²) in [5, 5.41) is 0.256. The predicted molar refractivity (Wildman–Crippen MR) is 71.9 cm³/mol. The van der Waals surface area contributed by atoms with Gasteiger partial charge in [0, 0.05) is 34.4 Å². The van der Waals surface area contributed by atoms with Gasteiger partial charge in [-0.1, -0.05) is 0 Å². The number of halogens is 3. The molecule has 0 saturated carbocycles. The van der Waals surface area contributed by atoms with E-state index in [2.05, 4.69) is 9.97 Å². The molecule has 2 aromatic heterocycles. The third-order valence-electron chi connectivity index (χ3n) is 3.25. The highest BCUT2D eigenvalue weighted by molar-refractivity contribution is 6.04. The second kappa shape index (κ2) is 4.73. The van der Waals surface area contributed by atoms with E-state index in [-0.39, 0.29) is 10.9 Å². The van der Waals surface area contributed by atoms with E-state index >= 15 is 0 Å². The first-order chi connectivity index (χ1) is 10.0. The van der Waals surface area contributed by atoms with Crippen LogP contribution in [-0.2, 0) is 6.18 Å². The molecule has 106 valence electrons. The van der Waals surface area contributed by atoms with Gasteiger partial charge >= 0.3 is 6.18 Å². The van der Waals surface area contributed by atoms with Crippen molar-refractivity contribution in [1.82, 2.24) is 9.97 Å². The number of H-pyrrole nitrogens is 1. The van der Waals surface area contributed by atoms with Crippen LogP contribution < -0.4 is 0 Å². The molecule has 0 radical (unpaired) electrons. The Morgan fingerprint density at radius 3 is 2.43 bits per heavy atom. The monoisotopic (exact) mass is 290 g/mol. The molecular weight excluding hydrogens is 281 g/mol. The number of aromatic nitrogens is 2. The summed E-state index contributed by atoms with van der Waals surface area (Å²) in [5.74, 6) is 0. The second-order valence-corrected chi connectivity index (χ2v) is 4.53. The van der Waals surface area contributed by atoms with E-state index in [1.807, 2.05) is 0 Å². The third-order valence-corrected chi connectivity index (χ3v) is 3.25. The molecule has 0 fully saturated rings. The minimum Gasteiger partial charge on any atom is -0.354 e. The minimum absolute atomic E-state index is 0.210. The Bertz CT molecular complexity index is 807. The first-order valence-corrected chi connectivity index (χ1v) is 6.09. The van der Waals surface area contributed by atoms with Gasteiger partial charge in [0.2, 0.25) is 0 Å². The molecule has 0 aliphatic heterocycles. The standard InChI is InChI=1S/C15H9F3N2O/c16-15(17,18)10-1-2-13-11(7-10)12(8-21)14(20-13)9-3-5-19-6-4-9/h1-8,20H. The first kappa shape index (κ1) is 13.4. The molecule has 0 aliphatic rings. The van der Waals surface area contributed by atoms with Gasteiger partial charge in [-0.15, -0.1) is 0 Å². The Morgan fingerprint density at radius 2 is 1.81 bits per heavy atom. The van der Waals surface area contributed by atoms with Crippen LogP contribution in [0.3, 0.4) is 0 Å². The molecule has 1 aromatic carbocycles. The van der Waals surface area contributed by atoms with Crippen molar-refractivity contribution in [3.05, 3.63) is 53.9 Å². The number of carbonyl (C=O) groups excluding carboxylic acids is 1. The molecule has 1 N–H and O–H groups in total. The predicted octanol–water partition coefficient (Wildman–Crippen LogP) is 4.06. The lowest BCUT2D eigenvalue weighted by molar-refractivity contribution is -0.137. The Hall–Kier alpha value is -2.63. The van der Waals surface area contributed by atoms with Gasteiger partial charge in [-0.25, -0.2) is 0 Å². The van der Waals surface area contributed by atoms with Crippen LogP contribution in [-0.4, -0.2) is 16.3 Å². The van der Waals surface area contributed by atoms with E-state index in [9.17, 15) is 18.0 Å². The number of hydrogen-bond donors (Lipinski definition) is 1. The average Bonchev–Trinajstić information content (AvgIpc) is 2.84. The van der Waals surface area contributed by atoms with Gasteiger partial charge in [-0.3, -0.25) is 9.78 Å². The fourth-order valence-corrected chi connectivity index (χ4v) is 2.26. The number of aldehydes is 1. The first-order valence-electron chi connectivity index (χ1n) is 6.09. The molecule has 0 saturated heterocycles. The molecule has 3 nitrogen and oxygen atoms in total. The zero-order chi connectivity index (χ0) is 15.0. The summed E-state index contributed by atoms with van der Waals surface area (Å²) in [6.07, 6.45) is -0.773. The summed E-state index contributed by atoms with van der Waals surface area (Å²) < 4.78 is 38.3. The SMILES string of the molecule is O=Cc1c(-c2ccncc2)[nH]c2ccc(C(F)(F)F)cc12. The van der Waals surface area contributed by atoms with Crippen molar-refractivity contribution in [3.63, 3.8) is 0 Å². The topological polar surface area (TPSA) is 45.8 Å². The Kier molecular flexibility index (Phi) is 3.01. The Labute approximate surface area is 117 Å². The van der Waals surface area contributed by atoms with Crippen LogP contribution in [0, 0.1) is 0 Å². The van der Waals surface area contributed by atoms with Crippen molar-refractivity contribution >= 4 is 17.2 Å². The van der Waals surface area contributed by atoms with Crippen molar-refractivity contribution in [1.29, 1.82) is 0 Å². The number of alkyl halides is 3. The number of hydrogen-bond acceptors (Lipinski definition) is 2. The zero-order valence-electron chi connectivity index (χ0n) is 10.6. The maximum absolute atomic E-state index is 12.8. The lowest BCUT2D eigenvalue weighted by atomic mass is 10.1. The van der Waals surface area contributed by atoms with Gasteiger partial charge < -0.3 is 4.98 Å². The van der Waals surface area contributed by atoms with E-state index in [4.69, 9.17) is 0 Å². The van der Waals surface area contributed by atoms with Gasteiger partial charge in [0.05, 0.1) is 11.3 Å². The zero-order valence-corrected chi connectivity index (χ0v) is 10.6. The van der Waals surface area contributed by atoms with Gasteiger partial charge in [0.15, 0.2) is 6.29 Å². The minimum atomic E-state index is -4.44. The second-order valence-electron chi connectivity index (χ2n) is 4.53. The van der Waals surface area contributed by atoms with E-state index in [0.717, 1.165) is 12.1 Å². The van der Waals surface area contributed by atoms with E-state index in [0.29, 0.717) is 23.1 Å². The molecule has 0 bridgehead atoms. The fourth-order valence-electron chi connectivity index (χ4n) is 2.26. The van der Waals surface area contributed by atoms with Gasteiger partial charge in [0.25, 0.3) is 0 Å². The fraction of sp³-hybridized carbons (Fsp3) is 0.0667. The number of pyridine rings is 1. The summed E-state index contributed by atoms with van der Waals surface area (Å²) in [4.78, 5) is 18.2. The normalized spacial score (nSPS) is 11.8. The molecule has 0 aliphatic carbocycles. The molecule has 6 heteroatoms. The van der Waals surface area contributed by atoms with Crippen molar-refractivity contribution in [3.8, 4) is 11.3 Å². The number of nitrogens with one attached hydrogen (secondary N) is 1. The van der Waals surface area contributed by atoms with E-state index in [1.54, 1.807) is 24.5 Å². The molecule has 0 amide bonds. The van der Waals surface area contributed by atoms with Gasteiger partial charge in [-0.05, 0) is 30.3 Å². The van der Waals surface area contributed by atoms with E-state index in [1.165, 1.54) is 6.07 Å². The van der Waals surface area contributed by atoms with Crippen LogP contribution in [0.2, 0.25) is 0 Å². The smallest absolute Gasteiger partial charge is 0.354 e. The number of benzene rings is 1. The lowest BCUT2D eigenvalue weighted by Crippen LogP contribution is -2.04. The lowest BCUT2D eigenvalue weighted by Gasteiger charge is -2.05. The summed E-state index contributed by atoms with van der Waals surface area (Å²) in [6, 6.07) is 6.67. The maximum atomic E-state index is 12.8. The van der Waals surface area contributed by atoms with Crippen LogP contribution in [0.5, 0.6) is 0 Å². The number of carbonyl (C=O) groups is 1. The summed E-state index contributed by atoms with van der Waals surface area (Å²) in [7, 11) is 0. The van der Waals surface area contributed by atoms with Crippen molar-refractivity contribution < 1.29 is 18.0 Å². The average molecular weight is 290 g/mol. The molecule has 0 unspecified atom stereocenters. The molecular formula is C15H9F3N2O. The van der Waals surface area contributed by atoms with Crippen LogP contribution in [0.4, 0.5) is 13.2 Å². The Balaban J connectivity index is 2.27. The molecule has 2 heterocycles. The number of rotatable bonds is 2. The van der Waals surface area contributed by atoms with Crippen molar-refractivity contribution in [2.45, 2.75) is 6.18 Å². The molecule has 0 atom stereocenters. The van der Waals surface area contributed by atoms with Crippen molar-refractivity contribution in [2.75, 3.05) is 0 Å². The molecule has 3 rings (SSSR count). The summed E-state index contributed by atoms with van der Waals surface area (Å²) >= 11 is 0.